The Bertz CT molecular complexity index is 59.5. The van der Waals surface area contributed by atoms with Crippen LogP contribution in [0, 0.1) is 0 Å². The zero-order valence-corrected chi connectivity index (χ0v) is 6.36. The van der Waals surface area contributed by atoms with Gasteiger partial charge in [0.05, 0.1) is 20.6 Å². The van der Waals surface area contributed by atoms with E-state index in [4.69, 9.17) is 0 Å². The Morgan fingerprint density at radius 1 is 1.38 bits per heavy atom. The molecule has 0 radical (unpaired) electrons. The first kappa shape index (κ1) is 7.92. The molecule has 0 aliphatic rings. The van der Waals surface area contributed by atoms with E-state index in [9.17, 15) is 0 Å². The molecule has 2 nitrogen and oxygen atoms in total. The SMILES string of the molecule is CCC[N+](C)(C)NC. The molecule has 0 aromatic rings. The van der Waals surface area contributed by atoms with Gasteiger partial charge >= 0.3 is 0 Å². The molecule has 0 amide bonds. The van der Waals surface area contributed by atoms with Crippen LogP contribution in [0.3, 0.4) is 0 Å². The molecule has 0 aromatic carbocycles. The highest BCUT2D eigenvalue weighted by Crippen LogP contribution is 1.89. The quantitative estimate of drug-likeness (QED) is 0.422. The van der Waals surface area contributed by atoms with Gasteiger partial charge in [-0.1, -0.05) is 6.92 Å². The molecule has 8 heavy (non-hydrogen) atoms. The third-order valence-corrected chi connectivity index (χ3v) is 1.39. The number of nitrogens with one attached hydrogen (secondary N) is 1. The lowest BCUT2D eigenvalue weighted by Gasteiger charge is -2.26. The normalized spacial score (nSPS) is 12.0. The van der Waals surface area contributed by atoms with E-state index >= 15 is 0 Å². The first-order chi connectivity index (χ1) is 3.62. The van der Waals surface area contributed by atoms with Gasteiger partial charge < -0.3 is 0 Å². The van der Waals surface area contributed by atoms with Crippen molar-refractivity contribution in [3.05, 3.63) is 0 Å². The summed E-state index contributed by atoms with van der Waals surface area (Å²) in [5.41, 5.74) is 3.18. The molecule has 0 saturated carbocycles. The summed E-state index contributed by atoms with van der Waals surface area (Å²) in [4.78, 5) is 0. The smallest absolute Gasteiger partial charge is 0.0955 e. The minimum atomic E-state index is 0.913. The monoisotopic (exact) mass is 117 g/mol. The van der Waals surface area contributed by atoms with Crippen LogP contribution in [0.4, 0.5) is 0 Å². The molecule has 0 heterocycles. The second-order valence-electron chi connectivity index (χ2n) is 2.63. The standard InChI is InChI=1S/C6H17N2/c1-5-6-8(3,4)7-2/h7H,5-6H2,1-4H3/q+1. The lowest BCUT2D eigenvalue weighted by molar-refractivity contribution is -0.931. The summed E-state index contributed by atoms with van der Waals surface area (Å²) >= 11 is 0. The van der Waals surface area contributed by atoms with E-state index in [0.717, 1.165) is 4.59 Å². The maximum Gasteiger partial charge on any atom is 0.0955 e. The first-order valence-corrected chi connectivity index (χ1v) is 3.14. The van der Waals surface area contributed by atoms with E-state index in [2.05, 4.69) is 26.4 Å². The summed E-state index contributed by atoms with van der Waals surface area (Å²) in [7, 11) is 6.29. The highest BCUT2D eigenvalue weighted by atomic mass is 15.6. The Morgan fingerprint density at radius 2 is 1.88 bits per heavy atom. The summed E-state index contributed by atoms with van der Waals surface area (Å²) in [6.45, 7) is 3.38. The topological polar surface area (TPSA) is 12.0 Å². The van der Waals surface area contributed by atoms with Crippen molar-refractivity contribution in [2.24, 2.45) is 0 Å². The minimum Gasteiger partial charge on any atom is -0.251 e. The van der Waals surface area contributed by atoms with Crippen molar-refractivity contribution in [1.29, 1.82) is 0 Å². The highest BCUT2D eigenvalue weighted by Gasteiger charge is 2.07. The zero-order chi connectivity index (χ0) is 6.62. The van der Waals surface area contributed by atoms with Gasteiger partial charge in [0.15, 0.2) is 0 Å². The van der Waals surface area contributed by atoms with Crippen LogP contribution in [0.25, 0.3) is 0 Å². The van der Waals surface area contributed by atoms with E-state index in [1.807, 2.05) is 7.05 Å². The molecule has 1 N–H and O–H groups in total. The molecule has 0 aliphatic carbocycles. The maximum absolute atomic E-state index is 3.18. The Hall–Kier alpha value is -0.0800. The third kappa shape index (κ3) is 2.99. The van der Waals surface area contributed by atoms with Crippen molar-refractivity contribution in [2.75, 3.05) is 27.7 Å². The van der Waals surface area contributed by atoms with Crippen LogP contribution in [-0.4, -0.2) is 32.3 Å². The van der Waals surface area contributed by atoms with Crippen LogP contribution in [0.5, 0.6) is 0 Å². The van der Waals surface area contributed by atoms with Crippen LogP contribution in [0.15, 0.2) is 0 Å². The van der Waals surface area contributed by atoms with E-state index < -0.39 is 0 Å². The highest BCUT2D eigenvalue weighted by molar-refractivity contribution is 4.21. The summed E-state index contributed by atoms with van der Waals surface area (Å²) in [5.74, 6) is 0. The molecule has 0 fully saturated rings. The molecule has 0 spiro atoms. The number of quaternary nitrogens is 1. The lowest BCUT2D eigenvalue weighted by Crippen LogP contribution is -2.49. The van der Waals surface area contributed by atoms with Gasteiger partial charge in [0.2, 0.25) is 0 Å². The van der Waals surface area contributed by atoms with Gasteiger partial charge in [0.25, 0.3) is 0 Å². The molecule has 0 aliphatic heterocycles. The van der Waals surface area contributed by atoms with Crippen LogP contribution < -0.4 is 5.43 Å². The van der Waals surface area contributed by atoms with Gasteiger partial charge in [-0.25, -0.2) is 0 Å². The van der Waals surface area contributed by atoms with Crippen LogP contribution >= 0.6 is 0 Å². The van der Waals surface area contributed by atoms with E-state index in [-0.39, 0.29) is 0 Å². The fraction of sp³-hybridized carbons (Fsp3) is 1.00. The van der Waals surface area contributed by atoms with Gasteiger partial charge in [-0.05, 0) is 6.42 Å². The minimum absolute atomic E-state index is 0.913. The van der Waals surface area contributed by atoms with Crippen molar-refractivity contribution in [2.45, 2.75) is 13.3 Å². The molecule has 2 heteroatoms. The summed E-state index contributed by atoms with van der Waals surface area (Å²) < 4.78 is 0.913. The van der Waals surface area contributed by atoms with Gasteiger partial charge in [-0.3, -0.25) is 4.59 Å². The largest absolute Gasteiger partial charge is 0.251 e. The second-order valence-corrected chi connectivity index (χ2v) is 2.63. The average molecular weight is 117 g/mol. The van der Waals surface area contributed by atoms with Gasteiger partial charge in [-0.15, -0.1) is 0 Å². The second kappa shape index (κ2) is 3.05. The number of nitrogens with zero attached hydrogens (tertiary/aromatic N) is 1. The predicted molar refractivity (Wildman–Crippen MR) is 36.3 cm³/mol. The number of hydrogen-bond donors (Lipinski definition) is 1. The Balaban J connectivity index is 3.37. The average Bonchev–Trinajstić information content (AvgIpc) is 1.67. The molecule has 0 unspecified atom stereocenters. The van der Waals surface area contributed by atoms with Gasteiger partial charge in [0, 0.05) is 7.05 Å². The first-order valence-electron chi connectivity index (χ1n) is 3.14. The predicted octanol–water partition coefficient (Wildman–Crippen LogP) is 0.607. The fourth-order valence-corrected chi connectivity index (χ4v) is 0.671. The molecule has 0 atom stereocenters. The van der Waals surface area contributed by atoms with Crippen LogP contribution in [0.1, 0.15) is 13.3 Å². The van der Waals surface area contributed by atoms with Crippen molar-refractivity contribution in [3.63, 3.8) is 0 Å². The molecular weight excluding hydrogens is 100 g/mol. The molecule has 0 rings (SSSR count). The van der Waals surface area contributed by atoms with Gasteiger partial charge in [-0.2, -0.15) is 5.43 Å². The Kier molecular flexibility index (Phi) is 3.02. The maximum atomic E-state index is 3.18. The molecule has 0 bridgehead atoms. The van der Waals surface area contributed by atoms with Crippen LogP contribution in [0.2, 0.25) is 0 Å². The van der Waals surface area contributed by atoms with Crippen molar-refractivity contribution in [3.8, 4) is 0 Å². The van der Waals surface area contributed by atoms with Crippen molar-refractivity contribution >= 4 is 0 Å². The number of hydrogen-bond acceptors (Lipinski definition) is 1. The van der Waals surface area contributed by atoms with Crippen molar-refractivity contribution < 1.29 is 4.59 Å². The van der Waals surface area contributed by atoms with Crippen molar-refractivity contribution in [1.82, 2.24) is 5.43 Å². The molecular formula is C6H17N2+. The van der Waals surface area contributed by atoms with Crippen LogP contribution in [-0.2, 0) is 0 Å². The third-order valence-electron chi connectivity index (χ3n) is 1.39. The Labute approximate surface area is 52.1 Å². The summed E-state index contributed by atoms with van der Waals surface area (Å²) in [6.07, 6.45) is 1.23. The molecule has 0 aromatic heterocycles. The zero-order valence-electron chi connectivity index (χ0n) is 6.36. The van der Waals surface area contributed by atoms with E-state index in [1.165, 1.54) is 13.0 Å². The number of rotatable bonds is 3. The fourth-order valence-electron chi connectivity index (χ4n) is 0.671. The Morgan fingerprint density at radius 3 is 2.00 bits per heavy atom. The molecule has 0 saturated heterocycles. The summed E-state index contributed by atoms with van der Waals surface area (Å²) in [6, 6.07) is 0. The van der Waals surface area contributed by atoms with E-state index in [1.54, 1.807) is 0 Å². The molecule has 50 valence electrons. The lowest BCUT2D eigenvalue weighted by atomic mass is 10.4. The summed E-state index contributed by atoms with van der Waals surface area (Å²) in [5, 5.41) is 0. The van der Waals surface area contributed by atoms with Gasteiger partial charge in [0.1, 0.15) is 0 Å². The van der Waals surface area contributed by atoms with E-state index in [0.29, 0.717) is 0 Å².